The number of carbonyl (C=O) groups is 1. The van der Waals surface area contributed by atoms with Crippen LogP contribution in [-0.4, -0.2) is 30.8 Å². The van der Waals surface area contributed by atoms with Gasteiger partial charge in [-0.05, 0) is 42.7 Å². The number of carbonyl (C=O) groups excluding carboxylic acids is 1. The first-order valence-electron chi connectivity index (χ1n) is 8.39. The second kappa shape index (κ2) is 6.61. The van der Waals surface area contributed by atoms with Gasteiger partial charge in [-0.25, -0.2) is 0 Å². The zero-order valence-corrected chi connectivity index (χ0v) is 14.0. The average Bonchev–Trinajstić information content (AvgIpc) is 2.51. The van der Waals surface area contributed by atoms with Gasteiger partial charge < -0.3 is 15.2 Å². The summed E-state index contributed by atoms with van der Waals surface area (Å²) in [5, 5.41) is 12.7. The van der Waals surface area contributed by atoms with Crippen LogP contribution in [0.15, 0.2) is 24.3 Å². The Bertz CT molecular complexity index is 633. The number of rotatable bonds is 5. The molecular weight excluding hydrogens is 335 g/mol. The Morgan fingerprint density at radius 1 is 1.32 bits per heavy atom. The lowest BCUT2D eigenvalue weighted by atomic mass is 9.50. The summed E-state index contributed by atoms with van der Waals surface area (Å²) in [5.74, 6) is -0.236. The number of methoxy groups -OCH3 is 1. The molecule has 1 atom stereocenters. The third-order valence-electron chi connectivity index (χ3n) is 5.51. The van der Waals surface area contributed by atoms with Crippen LogP contribution >= 0.6 is 0 Å². The number of alkyl halides is 3. The first kappa shape index (κ1) is 18.2. The normalized spacial score (nSPS) is 29.6. The van der Waals surface area contributed by atoms with Crippen molar-refractivity contribution in [2.75, 3.05) is 13.7 Å². The van der Waals surface area contributed by atoms with Crippen molar-refractivity contribution in [2.24, 2.45) is 11.3 Å². The summed E-state index contributed by atoms with van der Waals surface area (Å²) in [5.41, 5.74) is -0.537. The van der Waals surface area contributed by atoms with E-state index in [4.69, 9.17) is 4.74 Å². The quantitative estimate of drug-likeness (QED) is 0.796. The number of aliphatic hydroxyl groups is 1. The Morgan fingerprint density at radius 2 is 1.96 bits per heavy atom. The zero-order valence-electron chi connectivity index (χ0n) is 14.0. The predicted molar refractivity (Wildman–Crippen MR) is 84.6 cm³/mol. The molecule has 2 aliphatic rings. The van der Waals surface area contributed by atoms with Crippen LogP contribution in [0.4, 0.5) is 13.2 Å². The van der Waals surface area contributed by atoms with Crippen molar-refractivity contribution in [3.8, 4) is 0 Å². The molecule has 1 spiro atoms. The first-order chi connectivity index (χ1) is 11.8. The number of esters is 1. The Hall–Kier alpha value is -1.60. The summed E-state index contributed by atoms with van der Waals surface area (Å²) in [7, 11) is 1.38. The van der Waals surface area contributed by atoms with E-state index in [1.54, 1.807) is 6.07 Å². The Balaban J connectivity index is 1.60. The van der Waals surface area contributed by atoms with Crippen LogP contribution in [0.5, 0.6) is 0 Å². The largest absolute Gasteiger partial charge is 0.469 e. The summed E-state index contributed by atoms with van der Waals surface area (Å²) in [6, 6.07) is 4.63. The van der Waals surface area contributed by atoms with Gasteiger partial charge in [0.25, 0.3) is 0 Å². The molecule has 138 valence electrons. The molecule has 0 radical (unpaired) electrons. The summed E-state index contributed by atoms with van der Waals surface area (Å²) in [6.45, 7) is -0.401. The van der Waals surface area contributed by atoms with Gasteiger partial charge in [-0.15, -0.1) is 0 Å². The second-order valence-corrected chi connectivity index (χ2v) is 7.22. The molecule has 7 heteroatoms. The van der Waals surface area contributed by atoms with E-state index in [0.717, 1.165) is 31.7 Å². The van der Waals surface area contributed by atoms with E-state index in [1.165, 1.54) is 19.2 Å². The molecule has 25 heavy (non-hydrogen) atoms. The van der Waals surface area contributed by atoms with Gasteiger partial charge in [0.05, 0.1) is 31.2 Å². The molecule has 2 saturated carbocycles. The van der Waals surface area contributed by atoms with Crippen molar-refractivity contribution in [3.05, 3.63) is 35.4 Å². The molecule has 4 nitrogen and oxygen atoms in total. The van der Waals surface area contributed by atoms with Crippen molar-refractivity contribution < 1.29 is 27.8 Å². The average molecular weight is 357 g/mol. The van der Waals surface area contributed by atoms with Crippen molar-refractivity contribution in [1.29, 1.82) is 0 Å². The van der Waals surface area contributed by atoms with E-state index < -0.39 is 24.4 Å². The summed E-state index contributed by atoms with van der Waals surface area (Å²) in [4.78, 5) is 11.5. The number of halogens is 3. The maximum absolute atomic E-state index is 13.2. The molecule has 0 aliphatic heterocycles. The minimum absolute atomic E-state index is 0.0504. The lowest BCUT2D eigenvalue weighted by Crippen LogP contribution is -2.57. The van der Waals surface area contributed by atoms with Gasteiger partial charge in [0.15, 0.2) is 0 Å². The van der Waals surface area contributed by atoms with Crippen LogP contribution in [0.2, 0.25) is 0 Å². The van der Waals surface area contributed by atoms with E-state index in [0.29, 0.717) is 0 Å². The molecule has 1 aromatic rings. The van der Waals surface area contributed by atoms with Gasteiger partial charge in [-0.3, -0.25) is 4.79 Å². The maximum atomic E-state index is 13.2. The Kier molecular flexibility index (Phi) is 4.81. The number of hydrogen-bond donors (Lipinski definition) is 2. The third kappa shape index (κ3) is 3.53. The topological polar surface area (TPSA) is 58.6 Å². The van der Waals surface area contributed by atoms with Crippen molar-refractivity contribution in [2.45, 2.75) is 43.9 Å². The van der Waals surface area contributed by atoms with Gasteiger partial charge in [-0.2, -0.15) is 13.2 Å². The Labute approximate surface area is 144 Å². The molecule has 0 aromatic heterocycles. The summed E-state index contributed by atoms with van der Waals surface area (Å²) < 4.78 is 44.2. The molecule has 0 saturated heterocycles. The van der Waals surface area contributed by atoms with Crippen LogP contribution in [0, 0.1) is 11.3 Å². The first-order valence-corrected chi connectivity index (χ1v) is 8.39. The Morgan fingerprint density at radius 3 is 2.52 bits per heavy atom. The highest BCUT2D eigenvalue weighted by molar-refractivity contribution is 5.73. The molecular formula is C18H22F3NO3. The van der Waals surface area contributed by atoms with Crippen LogP contribution in [0.3, 0.4) is 0 Å². The van der Waals surface area contributed by atoms with Crippen LogP contribution < -0.4 is 5.32 Å². The standard InChI is InChI=1S/C18H22F3NO3/c1-25-16(24)11-6-17(7-11)8-12(9-17)22-15(10-23)13-4-2-3-5-14(13)18(19,20)21/h2-5,11-12,15,22-23H,6-10H2,1H3. The number of benzene rings is 1. The smallest absolute Gasteiger partial charge is 0.416 e. The lowest BCUT2D eigenvalue weighted by Gasteiger charge is -2.57. The fourth-order valence-electron chi connectivity index (χ4n) is 4.34. The maximum Gasteiger partial charge on any atom is 0.416 e. The summed E-state index contributed by atoms with van der Waals surface area (Å²) in [6.07, 6.45) is -1.27. The van der Waals surface area contributed by atoms with Gasteiger partial charge in [0.1, 0.15) is 0 Å². The molecule has 2 aliphatic carbocycles. The fourth-order valence-corrected chi connectivity index (χ4v) is 4.34. The van der Waals surface area contributed by atoms with Gasteiger partial charge in [0, 0.05) is 6.04 Å². The molecule has 0 amide bonds. The van der Waals surface area contributed by atoms with Crippen LogP contribution in [-0.2, 0) is 15.7 Å². The van der Waals surface area contributed by atoms with E-state index in [-0.39, 0.29) is 28.9 Å². The van der Waals surface area contributed by atoms with E-state index in [9.17, 15) is 23.1 Å². The number of hydrogen-bond acceptors (Lipinski definition) is 4. The number of aliphatic hydroxyl groups excluding tert-OH is 1. The van der Waals surface area contributed by atoms with Gasteiger partial charge >= 0.3 is 12.1 Å². The lowest BCUT2D eigenvalue weighted by molar-refractivity contribution is -0.159. The molecule has 1 unspecified atom stereocenters. The minimum atomic E-state index is -4.45. The van der Waals surface area contributed by atoms with Gasteiger partial charge in [-0.1, -0.05) is 18.2 Å². The molecule has 2 N–H and O–H groups in total. The second-order valence-electron chi connectivity index (χ2n) is 7.22. The van der Waals surface area contributed by atoms with Crippen molar-refractivity contribution >= 4 is 5.97 Å². The van der Waals surface area contributed by atoms with Crippen LogP contribution in [0.1, 0.15) is 42.9 Å². The highest BCUT2D eigenvalue weighted by atomic mass is 19.4. The van der Waals surface area contributed by atoms with E-state index in [1.807, 2.05) is 0 Å². The number of nitrogens with one attached hydrogen (secondary N) is 1. The van der Waals surface area contributed by atoms with Crippen LogP contribution in [0.25, 0.3) is 0 Å². The van der Waals surface area contributed by atoms with Crippen molar-refractivity contribution in [3.63, 3.8) is 0 Å². The summed E-state index contributed by atoms with van der Waals surface area (Å²) >= 11 is 0. The third-order valence-corrected chi connectivity index (χ3v) is 5.51. The number of ether oxygens (including phenoxy) is 1. The van der Waals surface area contributed by atoms with Gasteiger partial charge in [0.2, 0.25) is 0 Å². The molecule has 0 heterocycles. The molecule has 3 rings (SSSR count). The molecule has 1 aromatic carbocycles. The molecule has 2 fully saturated rings. The van der Waals surface area contributed by atoms with E-state index in [2.05, 4.69) is 5.32 Å². The molecule has 0 bridgehead atoms. The zero-order chi connectivity index (χ0) is 18.2. The fraction of sp³-hybridized carbons (Fsp3) is 0.611. The highest BCUT2D eigenvalue weighted by Crippen LogP contribution is 2.59. The minimum Gasteiger partial charge on any atom is -0.469 e. The monoisotopic (exact) mass is 357 g/mol. The predicted octanol–water partition coefficient (Wildman–Crippen LogP) is 3.06. The highest BCUT2D eigenvalue weighted by Gasteiger charge is 2.55. The van der Waals surface area contributed by atoms with Crippen molar-refractivity contribution in [1.82, 2.24) is 5.32 Å². The SMILES string of the molecule is COC(=O)C1CC2(CC(NC(CO)c3ccccc3C(F)(F)F)C2)C1. The van der Waals surface area contributed by atoms with E-state index >= 15 is 0 Å².